The van der Waals surface area contributed by atoms with Crippen molar-refractivity contribution in [2.24, 2.45) is 0 Å². The van der Waals surface area contributed by atoms with Gasteiger partial charge in [0.05, 0.1) is 0 Å². The zero-order chi connectivity index (χ0) is 17.2. The third kappa shape index (κ3) is 5.73. The molecule has 1 atom stereocenters. The second-order valence-corrected chi connectivity index (χ2v) is 6.07. The van der Waals surface area contributed by atoms with Crippen LogP contribution in [0, 0.1) is 0 Å². The van der Waals surface area contributed by atoms with Crippen LogP contribution < -0.4 is 10.1 Å². The lowest BCUT2D eigenvalue weighted by Crippen LogP contribution is -2.30. The van der Waals surface area contributed by atoms with E-state index in [0.717, 1.165) is 30.6 Å². The summed E-state index contributed by atoms with van der Waals surface area (Å²) in [6.07, 6.45) is 2.95. The van der Waals surface area contributed by atoms with Crippen LogP contribution in [0.15, 0.2) is 54.6 Å². The van der Waals surface area contributed by atoms with Gasteiger partial charge in [0.1, 0.15) is 5.75 Å². The summed E-state index contributed by atoms with van der Waals surface area (Å²) < 4.78 is 5.73. The highest BCUT2D eigenvalue weighted by Gasteiger charge is 2.10. The van der Waals surface area contributed by atoms with Crippen molar-refractivity contribution in [3.63, 3.8) is 0 Å². The number of rotatable bonds is 9. The van der Waals surface area contributed by atoms with Crippen molar-refractivity contribution in [3.8, 4) is 5.75 Å². The van der Waals surface area contributed by atoms with Gasteiger partial charge in [-0.05, 0) is 42.4 Å². The van der Waals surface area contributed by atoms with Crippen molar-refractivity contribution in [2.45, 2.75) is 39.0 Å². The predicted molar refractivity (Wildman–Crippen MR) is 98.4 cm³/mol. The highest BCUT2D eigenvalue weighted by molar-refractivity contribution is 5.77. The van der Waals surface area contributed by atoms with Crippen LogP contribution in [0.4, 0.5) is 0 Å². The van der Waals surface area contributed by atoms with Crippen molar-refractivity contribution in [3.05, 3.63) is 65.7 Å². The molecule has 0 radical (unpaired) electrons. The maximum atomic E-state index is 11.9. The van der Waals surface area contributed by atoms with Gasteiger partial charge in [-0.25, -0.2) is 0 Å². The highest BCUT2D eigenvalue weighted by atomic mass is 16.5. The summed E-state index contributed by atoms with van der Waals surface area (Å²) in [4.78, 5) is 11.9. The molecule has 2 rings (SSSR count). The molecule has 0 saturated heterocycles. The first-order chi connectivity index (χ1) is 11.7. The van der Waals surface area contributed by atoms with E-state index in [9.17, 15) is 4.79 Å². The molecule has 0 aliphatic heterocycles. The molecule has 0 bridgehead atoms. The maximum Gasteiger partial charge on any atom is 0.257 e. The Kier molecular flexibility index (Phi) is 7.34. The van der Waals surface area contributed by atoms with Crippen LogP contribution in [0.1, 0.15) is 43.7 Å². The summed E-state index contributed by atoms with van der Waals surface area (Å²) in [7, 11) is 0. The van der Waals surface area contributed by atoms with Gasteiger partial charge in [-0.1, -0.05) is 62.4 Å². The topological polar surface area (TPSA) is 38.3 Å². The third-order valence-electron chi connectivity index (χ3n) is 4.23. The van der Waals surface area contributed by atoms with E-state index in [4.69, 9.17) is 4.74 Å². The van der Waals surface area contributed by atoms with Crippen molar-refractivity contribution in [1.82, 2.24) is 5.32 Å². The van der Waals surface area contributed by atoms with Crippen LogP contribution in [0.3, 0.4) is 0 Å². The van der Waals surface area contributed by atoms with E-state index in [1.807, 2.05) is 36.4 Å². The van der Waals surface area contributed by atoms with Gasteiger partial charge in [0.25, 0.3) is 5.91 Å². The van der Waals surface area contributed by atoms with E-state index in [0.29, 0.717) is 12.5 Å². The summed E-state index contributed by atoms with van der Waals surface area (Å²) in [6, 6.07) is 18.3. The molecular formula is C21H27NO2. The summed E-state index contributed by atoms with van der Waals surface area (Å²) in [5.41, 5.74) is 2.46. The first kappa shape index (κ1) is 18.1. The van der Waals surface area contributed by atoms with Gasteiger partial charge in [0.2, 0.25) is 0 Å². The predicted octanol–water partition coefficient (Wildman–Crippen LogP) is 4.33. The zero-order valence-electron chi connectivity index (χ0n) is 14.6. The Labute approximate surface area is 145 Å². The fourth-order valence-electron chi connectivity index (χ4n) is 2.60. The second kappa shape index (κ2) is 9.76. The lowest BCUT2D eigenvalue weighted by molar-refractivity contribution is -0.123. The van der Waals surface area contributed by atoms with Gasteiger partial charge in [-0.3, -0.25) is 4.79 Å². The lowest BCUT2D eigenvalue weighted by Gasteiger charge is -2.15. The van der Waals surface area contributed by atoms with Gasteiger partial charge < -0.3 is 10.1 Å². The third-order valence-corrected chi connectivity index (χ3v) is 4.23. The molecule has 1 unspecified atom stereocenters. The summed E-state index contributed by atoms with van der Waals surface area (Å²) >= 11 is 0. The normalized spacial score (nSPS) is 11.8. The Morgan fingerprint density at radius 2 is 1.79 bits per heavy atom. The fourth-order valence-corrected chi connectivity index (χ4v) is 2.60. The van der Waals surface area contributed by atoms with Gasteiger partial charge in [0.15, 0.2) is 6.61 Å². The standard InChI is InChI=1S/C21H27NO2/c1-3-17(2)19-13-7-8-14-20(19)24-16-21(23)22-15-9-12-18-10-5-4-6-11-18/h4-8,10-11,13-14,17H,3,9,12,15-16H2,1-2H3,(H,22,23). The van der Waals surface area contributed by atoms with Crippen LogP contribution in [0.2, 0.25) is 0 Å². The van der Waals surface area contributed by atoms with E-state index < -0.39 is 0 Å². The molecule has 1 amide bonds. The Balaban J connectivity index is 1.72. The van der Waals surface area contributed by atoms with E-state index >= 15 is 0 Å². The lowest BCUT2D eigenvalue weighted by atomic mass is 9.98. The molecule has 0 spiro atoms. The smallest absolute Gasteiger partial charge is 0.257 e. The zero-order valence-corrected chi connectivity index (χ0v) is 14.6. The Bertz CT molecular complexity index is 625. The molecule has 0 heterocycles. The van der Waals surface area contributed by atoms with Gasteiger partial charge >= 0.3 is 0 Å². The van der Waals surface area contributed by atoms with Gasteiger partial charge in [-0.15, -0.1) is 0 Å². The molecule has 3 heteroatoms. The molecule has 0 aromatic heterocycles. The highest BCUT2D eigenvalue weighted by Crippen LogP contribution is 2.28. The molecule has 1 N–H and O–H groups in total. The van der Waals surface area contributed by atoms with Crippen molar-refractivity contribution in [1.29, 1.82) is 0 Å². The minimum atomic E-state index is -0.0676. The minimum absolute atomic E-state index is 0.0676. The van der Waals surface area contributed by atoms with Crippen molar-refractivity contribution < 1.29 is 9.53 Å². The summed E-state index contributed by atoms with van der Waals surface area (Å²) in [6.45, 7) is 5.07. The Morgan fingerprint density at radius 3 is 2.54 bits per heavy atom. The van der Waals surface area contributed by atoms with Crippen LogP contribution in [0.25, 0.3) is 0 Å². The molecule has 24 heavy (non-hydrogen) atoms. The number of benzene rings is 2. The number of carbonyl (C=O) groups is 1. The molecule has 2 aromatic rings. The van der Waals surface area contributed by atoms with Crippen molar-refractivity contribution >= 4 is 5.91 Å². The van der Waals surface area contributed by atoms with Crippen LogP contribution in [-0.4, -0.2) is 19.1 Å². The van der Waals surface area contributed by atoms with Crippen LogP contribution in [0.5, 0.6) is 5.75 Å². The molecule has 128 valence electrons. The SMILES string of the molecule is CCC(C)c1ccccc1OCC(=O)NCCCc1ccccc1. The molecule has 0 saturated carbocycles. The monoisotopic (exact) mass is 325 g/mol. The number of hydrogen-bond donors (Lipinski definition) is 1. The van der Waals surface area contributed by atoms with Crippen LogP contribution >= 0.6 is 0 Å². The quantitative estimate of drug-likeness (QED) is 0.697. The van der Waals surface area contributed by atoms with E-state index in [1.54, 1.807) is 0 Å². The number of para-hydroxylation sites is 1. The Morgan fingerprint density at radius 1 is 1.08 bits per heavy atom. The van der Waals surface area contributed by atoms with E-state index in [-0.39, 0.29) is 12.5 Å². The summed E-state index contributed by atoms with van der Waals surface area (Å²) in [5.74, 6) is 1.17. The number of nitrogens with one attached hydrogen (secondary N) is 1. The number of aryl methyl sites for hydroxylation is 1. The first-order valence-electron chi connectivity index (χ1n) is 8.73. The number of carbonyl (C=O) groups excluding carboxylic acids is 1. The molecule has 3 nitrogen and oxygen atoms in total. The second-order valence-electron chi connectivity index (χ2n) is 6.07. The number of hydrogen-bond acceptors (Lipinski definition) is 2. The molecule has 2 aromatic carbocycles. The molecule has 0 aliphatic carbocycles. The number of ether oxygens (including phenoxy) is 1. The van der Waals surface area contributed by atoms with E-state index in [2.05, 4.69) is 37.4 Å². The Hall–Kier alpha value is -2.29. The molecule has 0 aliphatic rings. The fraction of sp³-hybridized carbons (Fsp3) is 0.381. The average molecular weight is 325 g/mol. The molecule has 0 fully saturated rings. The van der Waals surface area contributed by atoms with E-state index in [1.165, 1.54) is 5.56 Å². The van der Waals surface area contributed by atoms with Crippen molar-refractivity contribution in [2.75, 3.05) is 13.2 Å². The maximum absolute atomic E-state index is 11.9. The van der Waals surface area contributed by atoms with Gasteiger partial charge in [0, 0.05) is 6.54 Å². The molecular weight excluding hydrogens is 298 g/mol. The minimum Gasteiger partial charge on any atom is -0.483 e. The largest absolute Gasteiger partial charge is 0.483 e. The van der Waals surface area contributed by atoms with Gasteiger partial charge in [-0.2, -0.15) is 0 Å². The number of amides is 1. The summed E-state index contributed by atoms with van der Waals surface area (Å²) in [5, 5.41) is 2.92. The van der Waals surface area contributed by atoms with Crippen LogP contribution in [-0.2, 0) is 11.2 Å². The first-order valence-corrected chi connectivity index (χ1v) is 8.73. The average Bonchev–Trinajstić information content (AvgIpc) is 2.64.